The third-order valence-corrected chi connectivity index (χ3v) is 10.4. The second kappa shape index (κ2) is 9.58. The van der Waals surface area contributed by atoms with Crippen LogP contribution in [0.5, 0.6) is 0 Å². The number of amides is 1. The first-order chi connectivity index (χ1) is 17.6. The summed E-state index contributed by atoms with van der Waals surface area (Å²) in [6, 6.07) is 3.09. The average molecular weight is 519 g/mol. The molecule has 0 N–H and O–H groups in total. The van der Waals surface area contributed by atoms with Gasteiger partial charge in [0.2, 0.25) is 5.91 Å². The van der Waals surface area contributed by atoms with Crippen LogP contribution >= 0.6 is 0 Å². The maximum absolute atomic E-state index is 15.5. The molecule has 37 heavy (non-hydrogen) atoms. The number of hydrogen-bond donors (Lipinski definition) is 0. The van der Waals surface area contributed by atoms with E-state index in [1.165, 1.54) is 12.8 Å². The maximum atomic E-state index is 15.5. The lowest BCUT2D eigenvalue weighted by Crippen LogP contribution is -2.62. The Morgan fingerprint density at radius 1 is 1.08 bits per heavy atom. The lowest BCUT2D eigenvalue weighted by atomic mass is 9.76. The van der Waals surface area contributed by atoms with Crippen molar-refractivity contribution in [2.45, 2.75) is 126 Å². The SMILES string of the molecule is CC(C)N1CC2CCC(C1)N2[C@H]1CCCC(F)(F)[C@@H]1CC(=O)N1CCC(C)(c2cc(C3CC3)on2)CC1. The summed E-state index contributed by atoms with van der Waals surface area (Å²) in [7, 11) is 0. The molecular formula is C29H44F2N4O2. The second-order valence-electron chi connectivity index (χ2n) is 13.2. The molecular weight excluding hydrogens is 474 g/mol. The summed E-state index contributed by atoms with van der Waals surface area (Å²) in [6.45, 7) is 9.77. The van der Waals surface area contributed by atoms with Gasteiger partial charge in [0.05, 0.1) is 5.69 Å². The number of fused-ring (bicyclic) bond motifs is 2. The molecule has 3 saturated heterocycles. The standard InChI is InChI=1S/C29H44F2N4O2/c1-19(2)34-17-21-8-9-22(18-34)35(21)24-5-4-10-29(30,31)23(24)15-27(36)33-13-11-28(3,12-14-33)26-16-25(37-32-26)20-6-7-20/h16,19-24H,4-15,17-18H2,1-3H3/t21?,22?,23-,24+/m1/s1. The first-order valence-corrected chi connectivity index (χ1v) is 14.8. The summed E-state index contributed by atoms with van der Waals surface area (Å²) < 4.78 is 36.5. The summed E-state index contributed by atoms with van der Waals surface area (Å²) >= 11 is 0. The highest BCUT2D eigenvalue weighted by atomic mass is 19.3. The van der Waals surface area contributed by atoms with E-state index >= 15 is 8.78 Å². The van der Waals surface area contributed by atoms with Crippen LogP contribution in [0.15, 0.2) is 10.6 Å². The van der Waals surface area contributed by atoms with Gasteiger partial charge in [-0.25, -0.2) is 8.78 Å². The van der Waals surface area contributed by atoms with Gasteiger partial charge >= 0.3 is 0 Å². The Kier molecular flexibility index (Phi) is 6.66. The van der Waals surface area contributed by atoms with E-state index in [1.54, 1.807) is 0 Å². The molecule has 2 bridgehead atoms. The minimum absolute atomic E-state index is 0.0337. The van der Waals surface area contributed by atoms with Crippen molar-refractivity contribution >= 4 is 5.91 Å². The molecule has 1 amide bonds. The molecule has 6 nitrogen and oxygen atoms in total. The first-order valence-electron chi connectivity index (χ1n) is 14.8. The molecule has 0 radical (unpaired) electrons. The molecule has 0 spiro atoms. The van der Waals surface area contributed by atoms with Crippen molar-refractivity contribution in [2.24, 2.45) is 5.92 Å². The van der Waals surface area contributed by atoms with E-state index in [2.05, 4.69) is 41.8 Å². The number of alkyl halides is 2. The summed E-state index contributed by atoms with van der Waals surface area (Å²) in [5.74, 6) is -2.24. The van der Waals surface area contributed by atoms with Gasteiger partial charge in [-0.2, -0.15) is 0 Å². The van der Waals surface area contributed by atoms with E-state index in [0.29, 0.717) is 43.6 Å². The van der Waals surface area contributed by atoms with Gasteiger partial charge in [0.25, 0.3) is 5.92 Å². The highest BCUT2D eigenvalue weighted by molar-refractivity contribution is 5.77. The molecule has 2 unspecified atom stereocenters. The average Bonchev–Trinajstić information content (AvgIpc) is 3.52. The molecule has 4 atom stereocenters. The van der Waals surface area contributed by atoms with E-state index in [9.17, 15) is 4.79 Å². The fourth-order valence-corrected chi connectivity index (χ4v) is 7.75. The zero-order valence-electron chi connectivity index (χ0n) is 22.8. The molecule has 8 heteroatoms. The Bertz CT molecular complexity index is 970. The van der Waals surface area contributed by atoms with Crippen LogP contribution in [0.3, 0.4) is 0 Å². The number of likely N-dealkylation sites (tertiary alicyclic amines) is 2. The largest absolute Gasteiger partial charge is 0.361 e. The molecule has 3 aliphatic heterocycles. The van der Waals surface area contributed by atoms with Crippen molar-refractivity contribution in [2.75, 3.05) is 26.2 Å². The smallest absolute Gasteiger partial charge is 0.252 e. The van der Waals surface area contributed by atoms with Crippen molar-refractivity contribution in [3.05, 3.63) is 17.5 Å². The van der Waals surface area contributed by atoms with Crippen LogP contribution < -0.4 is 0 Å². The van der Waals surface area contributed by atoms with Crippen molar-refractivity contribution in [1.82, 2.24) is 19.9 Å². The lowest BCUT2D eigenvalue weighted by Gasteiger charge is -2.51. The van der Waals surface area contributed by atoms with Crippen molar-refractivity contribution in [1.29, 1.82) is 0 Å². The number of nitrogens with zero attached hydrogens (tertiary/aromatic N) is 4. The minimum Gasteiger partial charge on any atom is -0.361 e. The summed E-state index contributed by atoms with van der Waals surface area (Å²) in [4.78, 5) is 20.3. The molecule has 4 heterocycles. The van der Waals surface area contributed by atoms with Gasteiger partial charge in [-0.1, -0.05) is 12.1 Å². The fraction of sp³-hybridized carbons (Fsp3) is 0.862. The first kappa shape index (κ1) is 25.7. The Hall–Kier alpha value is -1.54. The van der Waals surface area contributed by atoms with Crippen molar-refractivity contribution in [3.63, 3.8) is 0 Å². The van der Waals surface area contributed by atoms with Gasteiger partial charge in [-0.15, -0.1) is 0 Å². The Labute approximate surface area is 220 Å². The van der Waals surface area contributed by atoms with Crippen LogP contribution in [0.2, 0.25) is 0 Å². The lowest BCUT2D eigenvalue weighted by molar-refractivity contribution is -0.155. The molecule has 1 aromatic rings. The number of carbonyl (C=O) groups excluding carboxylic acids is 1. The summed E-state index contributed by atoms with van der Waals surface area (Å²) in [6.07, 6.45) is 7.33. The third-order valence-electron chi connectivity index (χ3n) is 10.4. The van der Waals surface area contributed by atoms with Crippen LogP contribution in [-0.2, 0) is 10.2 Å². The molecule has 1 aromatic heterocycles. The van der Waals surface area contributed by atoms with E-state index in [0.717, 1.165) is 56.6 Å². The normalized spacial score (nSPS) is 34.3. The van der Waals surface area contributed by atoms with Crippen LogP contribution in [-0.4, -0.2) is 82.0 Å². The minimum atomic E-state index is -2.78. The summed E-state index contributed by atoms with van der Waals surface area (Å²) in [5, 5.41) is 4.37. The number of aromatic nitrogens is 1. The quantitative estimate of drug-likeness (QED) is 0.519. The van der Waals surface area contributed by atoms with Crippen LogP contribution in [0.25, 0.3) is 0 Å². The highest BCUT2D eigenvalue weighted by Crippen LogP contribution is 2.47. The van der Waals surface area contributed by atoms with E-state index < -0.39 is 11.8 Å². The molecule has 206 valence electrons. The van der Waals surface area contributed by atoms with Crippen LogP contribution in [0.4, 0.5) is 8.78 Å². The van der Waals surface area contributed by atoms with Gasteiger partial charge in [0.15, 0.2) is 0 Å². The zero-order valence-corrected chi connectivity index (χ0v) is 22.8. The van der Waals surface area contributed by atoms with Crippen molar-refractivity contribution < 1.29 is 18.1 Å². The number of hydrogen-bond acceptors (Lipinski definition) is 5. The third kappa shape index (κ3) is 4.86. The highest BCUT2D eigenvalue weighted by Gasteiger charge is 2.54. The van der Waals surface area contributed by atoms with E-state index in [1.807, 2.05) is 4.90 Å². The van der Waals surface area contributed by atoms with E-state index in [-0.39, 0.29) is 30.2 Å². The maximum Gasteiger partial charge on any atom is 0.252 e. The Morgan fingerprint density at radius 2 is 1.76 bits per heavy atom. The number of rotatable bonds is 6. The van der Waals surface area contributed by atoms with Crippen LogP contribution in [0.1, 0.15) is 102 Å². The second-order valence-corrected chi connectivity index (χ2v) is 13.2. The van der Waals surface area contributed by atoms with Crippen LogP contribution in [0, 0.1) is 5.92 Å². The molecule has 5 aliphatic rings. The molecule has 5 fully saturated rings. The Morgan fingerprint density at radius 3 is 2.38 bits per heavy atom. The Balaban J connectivity index is 1.12. The monoisotopic (exact) mass is 518 g/mol. The van der Waals surface area contributed by atoms with Gasteiger partial charge < -0.3 is 9.42 Å². The molecule has 2 aliphatic carbocycles. The predicted molar refractivity (Wildman–Crippen MR) is 138 cm³/mol. The van der Waals surface area contributed by atoms with Gasteiger partial charge in [-0.05, 0) is 65.2 Å². The number of piperidine rings is 1. The van der Waals surface area contributed by atoms with Crippen molar-refractivity contribution in [3.8, 4) is 0 Å². The van der Waals surface area contributed by atoms with E-state index in [4.69, 9.17) is 4.52 Å². The summed E-state index contributed by atoms with van der Waals surface area (Å²) in [5.41, 5.74) is 0.858. The fourth-order valence-electron chi connectivity index (χ4n) is 7.75. The van der Waals surface area contributed by atoms with Gasteiger partial charge in [-0.3, -0.25) is 14.6 Å². The zero-order chi connectivity index (χ0) is 25.9. The number of halogens is 2. The number of piperazine rings is 1. The predicted octanol–water partition coefficient (Wildman–Crippen LogP) is 5.18. The topological polar surface area (TPSA) is 52.8 Å². The number of carbonyl (C=O) groups is 1. The molecule has 2 saturated carbocycles. The molecule has 6 rings (SSSR count). The van der Waals surface area contributed by atoms with Gasteiger partial charge in [0, 0.05) is 86.5 Å². The van der Waals surface area contributed by atoms with Gasteiger partial charge in [0.1, 0.15) is 5.76 Å². The molecule has 0 aromatic carbocycles.